The van der Waals surface area contributed by atoms with Crippen LogP contribution in [0.3, 0.4) is 0 Å². The van der Waals surface area contributed by atoms with E-state index in [0.717, 1.165) is 30.2 Å². The van der Waals surface area contributed by atoms with E-state index < -0.39 is 0 Å². The summed E-state index contributed by atoms with van der Waals surface area (Å²) < 4.78 is 11.5. The Morgan fingerprint density at radius 3 is 2.83 bits per heavy atom. The van der Waals surface area contributed by atoms with Gasteiger partial charge in [-0.15, -0.1) is 0 Å². The number of fused-ring (bicyclic) bond motifs is 1. The topological polar surface area (TPSA) is 37.0 Å². The Morgan fingerprint density at radius 2 is 2.04 bits per heavy atom. The molecule has 1 fully saturated rings. The third-order valence-electron chi connectivity index (χ3n) is 4.61. The lowest BCUT2D eigenvalue weighted by Gasteiger charge is -2.32. The van der Waals surface area contributed by atoms with Gasteiger partial charge in [0.15, 0.2) is 11.5 Å². The van der Waals surface area contributed by atoms with Crippen LogP contribution in [-0.2, 0) is 6.42 Å². The standard InChI is InChI=1S/C18H29N3O2/c1-3-22-17-14-15(13-16-18(17)23-12-6-19-16)5-4-7-21-10-8-20(2)9-11-21/h13-14,19H,3-12H2,1-2H3. The van der Waals surface area contributed by atoms with Crippen molar-refractivity contribution in [3.63, 3.8) is 0 Å². The van der Waals surface area contributed by atoms with Crippen molar-refractivity contribution < 1.29 is 9.47 Å². The third kappa shape index (κ3) is 4.30. The van der Waals surface area contributed by atoms with Gasteiger partial charge in [-0.3, -0.25) is 0 Å². The van der Waals surface area contributed by atoms with E-state index >= 15 is 0 Å². The van der Waals surface area contributed by atoms with Crippen LogP contribution in [0, 0.1) is 0 Å². The number of nitrogens with zero attached hydrogens (tertiary/aromatic N) is 2. The smallest absolute Gasteiger partial charge is 0.184 e. The van der Waals surface area contributed by atoms with E-state index in [1.165, 1.54) is 44.7 Å². The van der Waals surface area contributed by atoms with Gasteiger partial charge in [0.2, 0.25) is 0 Å². The van der Waals surface area contributed by atoms with Crippen LogP contribution in [0.1, 0.15) is 18.9 Å². The van der Waals surface area contributed by atoms with Crippen LogP contribution in [-0.4, -0.2) is 69.3 Å². The number of hydrogen-bond acceptors (Lipinski definition) is 5. The van der Waals surface area contributed by atoms with Gasteiger partial charge in [0.1, 0.15) is 6.61 Å². The molecule has 0 radical (unpaired) electrons. The maximum atomic E-state index is 5.77. The molecule has 2 heterocycles. The Kier molecular flexibility index (Phi) is 5.62. The second-order valence-electron chi connectivity index (χ2n) is 6.43. The van der Waals surface area contributed by atoms with Crippen molar-refractivity contribution in [2.75, 3.05) is 64.8 Å². The molecule has 0 aliphatic carbocycles. The monoisotopic (exact) mass is 319 g/mol. The van der Waals surface area contributed by atoms with Gasteiger partial charge < -0.3 is 24.6 Å². The van der Waals surface area contributed by atoms with E-state index in [9.17, 15) is 0 Å². The minimum Gasteiger partial charge on any atom is -0.490 e. The van der Waals surface area contributed by atoms with Gasteiger partial charge in [0.05, 0.1) is 12.3 Å². The predicted octanol–water partition coefficient (Wildman–Crippen LogP) is 2.07. The molecule has 5 heteroatoms. The quantitative estimate of drug-likeness (QED) is 0.869. The summed E-state index contributed by atoms with van der Waals surface area (Å²) in [5.74, 6) is 1.76. The molecule has 0 saturated carbocycles. The number of aryl methyl sites for hydroxylation is 1. The number of benzene rings is 1. The van der Waals surface area contributed by atoms with Crippen LogP contribution < -0.4 is 14.8 Å². The SMILES string of the molecule is CCOc1cc(CCCN2CCN(C)CC2)cc2c1OCCN2. The van der Waals surface area contributed by atoms with E-state index in [-0.39, 0.29) is 0 Å². The number of piperazine rings is 1. The summed E-state index contributed by atoms with van der Waals surface area (Å²) in [6, 6.07) is 4.38. The van der Waals surface area contributed by atoms with Crippen LogP contribution in [0.2, 0.25) is 0 Å². The van der Waals surface area contributed by atoms with Crippen LogP contribution in [0.4, 0.5) is 5.69 Å². The number of hydrogen-bond donors (Lipinski definition) is 1. The Balaban J connectivity index is 1.58. The highest BCUT2D eigenvalue weighted by Gasteiger charge is 2.17. The molecule has 0 bridgehead atoms. The molecule has 2 aliphatic heterocycles. The summed E-state index contributed by atoms with van der Waals surface area (Å²) in [4.78, 5) is 4.98. The zero-order chi connectivity index (χ0) is 16.1. The summed E-state index contributed by atoms with van der Waals surface area (Å²) in [5, 5.41) is 3.43. The average Bonchev–Trinajstić information content (AvgIpc) is 2.57. The highest BCUT2D eigenvalue weighted by Crippen LogP contribution is 2.38. The second kappa shape index (κ2) is 7.88. The third-order valence-corrected chi connectivity index (χ3v) is 4.61. The molecule has 5 nitrogen and oxygen atoms in total. The summed E-state index contributed by atoms with van der Waals surface area (Å²) in [7, 11) is 2.20. The summed E-state index contributed by atoms with van der Waals surface area (Å²) in [6.07, 6.45) is 2.27. The molecule has 0 amide bonds. The van der Waals surface area contributed by atoms with Crippen LogP contribution in [0.15, 0.2) is 12.1 Å². The molecule has 0 atom stereocenters. The summed E-state index contributed by atoms with van der Waals surface area (Å²) >= 11 is 0. The van der Waals surface area contributed by atoms with E-state index in [0.29, 0.717) is 13.2 Å². The molecular weight excluding hydrogens is 290 g/mol. The van der Waals surface area contributed by atoms with Crippen LogP contribution in [0.5, 0.6) is 11.5 Å². The molecule has 1 aromatic rings. The molecule has 2 aliphatic rings. The van der Waals surface area contributed by atoms with Crippen LogP contribution >= 0.6 is 0 Å². The van der Waals surface area contributed by atoms with Gasteiger partial charge in [0.25, 0.3) is 0 Å². The molecule has 0 unspecified atom stereocenters. The highest BCUT2D eigenvalue weighted by molar-refractivity contribution is 5.66. The van der Waals surface area contributed by atoms with Gasteiger partial charge in [-0.2, -0.15) is 0 Å². The molecule has 3 rings (SSSR count). The molecule has 23 heavy (non-hydrogen) atoms. The van der Waals surface area contributed by atoms with E-state index in [1.807, 2.05) is 6.92 Å². The lowest BCUT2D eigenvalue weighted by atomic mass is 10.1. The van der Waals surface area contributed by atoms with Gasteiger partial charge >= 0.3 is 0 Å². The first-order valence-electron chi connectivity index (χ1n) is 8.83. The minimum atomic E-state index is 0.667. The molecule has 1 N–H and O–H groups in total. The van der Waals surface area contributed by atoms with Gasteiger partial charge in [-0.1, -0.05) is 0 Å². The first-order chi connectivity index (χ1) is 11.3. The Labute approximate surface area is 139 Å². The maximum absolute atomic E-state index is 5.77. The normalized spacial score (nSPS) is 18.9. The Hall–Kier alpha value is -1.46. The van der Waals surface area contributed by atoms with Crippen molar-refractivity contribution in [2.24, 2.45) is 0 Å². The minimum absolute atomic E-state index is 0.667. The fraction of sp³-hybridized carbons (Fsp3) is 0.667. The van der Waals surface area contributed by atoms with E-state index in [1.54, 1.807) is 0 Å². The number of likely N-dealkylation sites (N-methyl/N-ethyl adjacent to an activating group) is 1. The lowest BCUT2D eigenvalue weighted by molar-refractivity contribution is 0.153. The molecule has 1 saturated heterocycles. The van der Waals surface area contributed by atoms with Gasteiger partial charge in [-0.05, 0) is 51.1 Å². The molecule has 1 aromatic carbocycles. The number of nitrogens with one attached hydrogen (secondary N) is 1. The summed E-state index contributed by atoms with van der Waals surface area (Å²) in [6.45, 7) is 10.2. The first-order valence-corrected chi connectivity index (χ1v) is 8.83. The van der Waals surface area contributed by atoms with E-state index in [2.05, 4.69) is 34.3 Å². The molecule has 128 valence electrons. The van der Waals surface area contributed by atoms with Crippen molar-refractivity contribution >= 4 is 5.69 Å². The number of rotatable bonds is 6. The predicted molar refractivity (Wildman–Crippen MR) is 93.9 cm³/mol. The Morgan fingerprint density at radius 1 is 1.22 bits per heavy atom. The van der Waals surface area contributed by atoms with E-state index in [4.69, 9.17) is 9.47 Å². The van der Waals surface area contributed by atoms with Crippen molar-refractivity contribution in [3.8, 4) is 11.5 Å². The van der Waals surface area contributed by atoms with Crippen molar-refractivity contribution in [3.05, 3.63) is 17.7 Å². The van der Waals surface area contributed by atoms with Crippen molar-refractivity contribution in [2.45, 2.75) is 19.8 Å². The summed E-state index contributed by atoms with van der Waals surface area (Å²) in [5.41, 5.74) is 2.41. The second-order valence-corrected chi connectivity index (χ2v) is 6.43. The average molecular weight is 319 g/mol. The first kappa shape index (κ1) is 16.4. The lowest BCUT2D eigenvalue weighted by Crippen LogP contribution is -2.44. The highest BCUT2D eigenvalue weighted by atomic mass is 16.5. The van der Waals surface area contributed by atoms with Crippen LogP contribution in [0.25, 0.3) is 0 Å². The molecular formula is C18H29N3O2. The molecule has 0 spiro atoms. The maximum Gasteiger partial charge on any atom is 0.184 e. The fourth-order valence-corrected chi connectivity index (χ4v) is 3.26. The zero-order valence-electron chi connectivity index (χ0n) is 14.4. The zero-order valence-corrected chi connectivity index (χ0v) is 14.4. The van der Waals surface area contributed by atoms with Crippen molar-refractivity contribution in [1.82, 2.24) is 9.80 Å². The Bertz CT molecular complexity index is 513. The fourth-order valence-electron chi connectivity index (χ4n) is 3.26. The largest absolute Gasteiger partial charge is 0.490 e. The molecule has 0 aromatic heterocycles. The number of ether oxygens (including phenoxy) is 2. The van der Waals surface area contributed by atoms with Crippen molar-refractivity contribution in [1.29, 1.82) is 0 Å². The number of anilines is 1. The van der Waals surface area contributed by atoms with Gasteiger partial charge in [0, 0.05) is 32.7 Å². The van der Waals surface area contributed by atoms with Gasteiger partial charge in [-0.25, -0.2) is 0 Å².